The van der Waals surface area contributed by atoms with Crippen LogP contribution >= 0.6 is 27.5 Å². The van der Waals surface area contributed by atoms with Crippen LogP contribution < -0.4 is 15.5 Å². The fraction of sp³-hybridized carbons (Fsp3) is 0.0435. The number of ether oxygens (including phenoxy) is 1. The number of esters is 1. The van der Waals surface area contributed by atoms with Gasteiger partial charge in [0.25, 0.3) is 11.8 Å². The van der Waals surface area contributed by atoms with Crippen molar-refractivity contribution in [2.75, 3.05) is 6.54 Å². The molecule has 3 aromatic rings. The van der Waals surface area contributed by atoms with Gasteiger partial charge in [-0.1, -0.05) is 39.7 Å². The van der Waals surface area contributed by atoms with E-state index in [4.69, 9.17) is 16.3 Å². The van der Waals surface area contributed by atoms with E-state index in [1.165, 1.54) is 12.3 Å². The second-order valence-electron chi connectivity index (χ2n) is 6.46. The molecule has 0 radical (unpaired) electrons. The number of amides is 2. The van der Waals surface area contributed by atoms with Crippen molar-refractivity contribution in [3.8, 4) is 5.75 Å². The van der Waals surface area contributed by atoms with Gasteiger partial charge in [-0.3, -0.25) is 9.59 Å². The fourth-order valence-corrected chi connectivity index (χ4v) is 3.10. The van der Waals surface area contributed by atoms with Gasteiger partial charge in [-0.05, 0) is 66.2 Å². The van der Waals surface area contributed by atoms with E-state index in [1.54, 1.807) is 60.7 Å². The quantitative estimate of drug-likeness (QED) is 0.214. The SMILES string of the molecule is O=C(CNC(=O)c1cccc(Cl)c1)N/N=C\c1ccc(OC(=O)c2cccc(Br)c2)cc1. The zero-order valence-electron chi connectivity index (χ0n) is 16.5. The number of hydrogen-bond acceptors (Lipinski definition) is 5. The summed E-state index contributed by atoms with van der Waals surface area (Å²) >= 11 is 9.15. The number of carbonyl (C=O) groups is 3. The summed E-state index contributed by atoms with van der Waals surface area (Å²) in [5, 5.41) is 6.76. The summed E-state index contributed by atoms with van der Waals surface area (Å²) < 4.78 is 6.11. The smallest absolute Gasteiger partial charge is 0.343 e. The predicted octanol–water partition coefficient (Wildman–Crippen LogP) is 4.20. The van der Waals surface area contributed by atoms with Crippen molar-refractivity contribution >= 4 is 51.5 Å². The van der Waals surface area contributed by atoms with E-state index in [0.717, 1.165) is 4.47 Å². The summed E-state index contributed by atoms with van der Waals surface area (Å²) in [5.74, 6) is -1.00. The normalized spacial score (nSPS) is 10.6. The average Bonchev–Trinajstić information content (AvgIpc) is 2.78. The molecule has 0 bridgehead atoms. The molecule has 0 spiro atoms. The van der Waals surface area contributed by atoms with Crippen molar-refractivity contribution < 1.29 is 19.1 Å². The van der Waals surface area contributed by atoms with E-state index >= 15 is 0 Å². The summed E-state index contributed by atoms with van der Waals surface area (Å²) in [6, 6.07) is 19.9. The first-order valence-electron chi connectivity index (χ1n) is 9.34. The van der Waals surface area contributed by atoms with Crippen molar-refractivity contribution in [1.29, 1.82) is 0 Å². The Bertz CT molecular complexity index is 1170. The summed E-state index contributed by atoms with van der Waals surface area (Å²) in [4.78, 5) is 36.0. The van der Waals surface area contributed by atoms with Gasteiger partial charge in [0, 0.05) is 15.1 Å². The Hall–Kier alpha value is -3.49. The van der Waals surface area contributed by atoms with E-state index in [-0.39, 0.29) is 6.54 Å². The number of carbonyl (C=O) groups excluding carboxylic acids is 3. The molecular weight excluding hydrogens is 498 g/mol. The van der Waals surface area contributed by atoms with E-state index in [1.807, 2.05) is 6.07 Å². The minimum absolute atomic E-state index is 0.243. The number of halogens is 2. The molecule has 0 unspecified atom stereocenters. The van der Waals surface area contributed by atoms with Crippen molar-refractivity contribution in [2.24, 2.45) is 5.10 Å². The average molecular weight is 515 g/mol. The Balaban J connectivity index is 1.45. The minimum Gasteiger partial charge on any atom is -0.423 e. The van der Waals surface area contributed by atoms with Crippen LogP contribution in [0.15, 0.2) is 82.4 Å². The van der Waals surface area contributed by atoms with Crippen LogP contribution in [-0.2, 0) is 4.79 Å². The van der Waals surface area contributed by atoms with Crippen LogP contribution in [0.2, 0.25) is 5.02 Å². The summed E-state index contributed by atoms with van der Waals surface area (Å²) in [5.41, 5.74) is 3.78. The molecule has 162 valence electrons. The summed E-state index contributed by atoms with van der Waals surface area (Å²) in [7, 11) is 0. The lowest BCUT2D eigenvalue weighted by molar-refractivity contribution is -0.120. The van der Waals surface area contributed by atoms with Crippen LogP contribution in [0.25, 0.3) is 0 Å². The maximum atomic E-state index is 12.2. The monoisotopic (exact) mass is 513 g/mol. The minimum atomic E-state index is -0.490. The molecule has 0 aliphatic heterocycles. The van der Waals surface area contributed by atoms with Crippen molar-refractivity contribution in [1.82, 2.24) is 10.7 Å². The number of rotatable bonds is 7. The first-order valence-corrected chi connectivity index (χ1v) is 10.5. The van der Waals surface area contributed by atoms with Gasteiger partial charge in [0.2, 0.25) is 0 Å². The van der Waals surface area contributed by atoms with Gasteiger partial charge in [0.1, 0.15) is 5.75 Å². The lowest BCUT2D eigenvalue weighted by atomic mass is 10.2. The van der Waals surface area contributed by atoms with Crippen LogP contribution in [0.3, 0.4) is 0 Å². The molecule has 32 heavy (non-hydrogen) atoms. The highest BCUT2D eigenvalue weighted by Gasteiger charge is 2.09. The topological polar surface area (TPSA) is 96.9 Å². The van der Waals surface area contributed by atoms with Gasteiger partial charge in [0.15, 0.2) is 0 Å². The van der Waals surface area contributed by atoms with Crippen LogP contribution in [0.1, 0.15) is 26.3 Å². The highest BCUT2D eigenvalue weighted by molar-refractivity contribution is 9.10. The number of hydrazone groups is 1. The molecule has 7 nitrogen and oxygen atoms in total. The van der Waals surface area contributed by atoms with Crippen LogP contribution in [-0.4, -0.2) is 30.5 Å². The Morgan fingerprint density at radius 3 is 2.41 bits per heavy atom. The third-order valence-electron chi connectivity index (χ3n) is 4.05. The Morgan fingerprint density at radius 2 is 1.69 bits per heavy atom. The Labute approximate surface area is 197 Å². The second-order valence-corrected chi connectivity index (χ2v) is 7.81. The van der Waals surface area contributed by atoms with Crippen molar-refractivity contribution in [3.05, 3.63) is 99.0 Å². The van der Waals surface area contributed by atoms with Gasteiger partial charge < -0.3 is 10.1 Å². The van der Waals surface area contributed by atoms with E-state index in [0.29, 0.717) is 27.5 Å². The maximum Gasteiger partial charge on any atom is 0.343 e. The number of nitrogens with zero attached hydrogens (tertiary/aromatic N) is 1. The van der Waals surface area contributed by atoms with Crippen LogP contribution in [0, 0.1) is 0 Å². The standard InChI is InChI=1S/C23H17BrClN3O4/c24-18-5-1-4-17(11-18)23(31)32-20-9-7-15(8-10-20)13-27-28-21(29)14-26-22(30)16-3-2-6-19(25)12-16/h1-13H,14H2,(H,26,30)(H,28,29)/b27-13-. The molecule has 2 amide bonds. The van der Waals surface area contributed by atoms with Crippen molar-refractivity contribution in [3.63, 3.8) is 0 Å². The molecule has 2 N–H and O–H groups in total. The Kier molecular flexibility index (Phi) is 8.13. The summed E-state index contributed by atoms with van der Waals surface area (Å²) in [6.45, 7) is -0.243. The largest absolute Gasteiger partial charge is 0.423 e. The van der Waals surface area contributed by atoms with E-state index in [9.17, 15) is 14.4 Å². The molecule has 0 heterocycles. The van der Waals surface area contributed by atoms with Gasteiger partial charge in [-0.2, -0.15) is 5.10 Å². The second kappa shape index (κ2) is 11.2. The van der Waals surface area contributed by atoms with E-state index in [2.05, 4.69) is 31.8 Å². The molecule has 0 aromatic heterocycles. The molecule has 3 rings (SSSR count). The van der Waals surface area contributed by atoms with Crippen molar-refractivity contribution in [2.45, 2.75) is 0 Å². The number of benzene rings is 3. The number of hydrogen-bond donors (Lipinski definition) is 2. The molecule has 0 aliphatic carbocycles. The molecule has 9 heteroatoms. The lowest BCUT2D eigenvalue weighted by Crippen LogP contribution is -2.34. The first-order chi connectivity index (χ1) is 15.4. The van der Waals surface area contributed by atoms with Gasteiger partial charge >= 0.3 is 5.97 Å². The molecule has 0 fully saturated rings. The maximum absolute atomic E-state index is 12.2. The first kappa shape index (κ1) is 23.2. The molecule has 0 saturated heterocycles. The predicted molar refractivity (Wildman–Crippen MR) is 125 cm³/mol. The fourth-order valence-electron chi connectivity index (χ4n) is 2.51. The third-order valence-corrected chi connectivity index (χ3v) is 4.78. The zero-order valence-corrected chi connectivity index (χ0v) is 18.9. The van der Waals surface area contributed by atoms with Crippen LogP contribution in [0.5, 0.6) is 5.75 Å². The molecule has 0 saturated carbocycles. The lowest BCUT2D eigenvalue weighted by Gasteiger charge is -2.05. The van der Waals surface area contributed by atoms with Gasteiger partial charge in [0.05, 0.1) is 18.3 Å². The third kappa shape index (κ3) is 7.04. The highest BCUT2D eigenvalue weighted by atomic mass is 79.9. The molecule has 0 atom stereocenters. The number of nitrogens with one attached hydrogen (secondary N) is 2. The molecule has 3 aromatic carbocycles. The molecule has 0 aliphatic rings. The Morgan fingerprint density at radius 1 is 0.969 bits per heavy atom. The highest BCUT2D eigenvalue weighted by Crippen LogP contribution is 2.16. The summed E-state index contributed by atoms with van der Waals surface area (Å²) in [6.07, 6.45) is 1.43. The van der Waals surface area contributed by atoms with Gasteiger partial charge in [-0.15, -0.1) is 0 Å². The van der Waals surface area contributed by atoms with Gasteiger partial charge in [-0.25, -0.2) is 10.2 Å². The molecular formula is C23H17BrClN3O4. The zero-order chi connectivity index (χ0) is 22.9. The van der Waals surface area contributed by atoms with Crippen LogP contribution in [0.4, 0.5) is 0 Å². The van der Waals surface area contributed by atoms with E-state index < -0.39 is 17.8 Å².